The van der Waals surface area contributed by atoms with Crippen LogP contribution >= 0.6 is 15.6 Å². The van der Waals surface area contributed by atoms with E-state index in [-0.39, 0.29) is 6.42 Å². The molecule has 9 atom stereocenters. The van der Waals surface area contributed by atoms with Crippen molar-refractivity contribution in [2.24, 2.45) is 0 Å². The molecule has 3 rings (SSSR count). The van der Waals surface area contributed by atoms with Gasteiger partial charge in [0.25, 0.3) is 5.56 Å². The fraction of sp³-hybridized carbons (Fsp3) is 0.706. The van der Waals surface area contributed by atoms with Crippen molar-refractivity contribution in [1.29, 1.82) is 0 Å². The highest BCUT2D eigenvalue weighted by Crippen LogP contribution is 2.57. The van der Waals surface area contributed by atoms with E-state index in [2.05, 4.69) is 14.2 Å². The fourth-order valence-electron chi connectivity index (χ4n) is 3.52. The first-order valence-corrected chi connectivity index (χ1v) is 14.0. The second kappa shape index (κ2) is 13.8. The van der Waals surface area contributed by atoms with E-state index >= 15 is 0 Å². The highest BCUT2D eigenvalue weighted by atomic mass is 31.3. The molecule has 20 nitrogen and oxygen atoms in total. The van der Waals surface area contributed by atoms with Crippen LogP contribution in [0.5, 0.6) is 0 Å². The quantitative estimate of drug-likeness (QED) is 0.121. The van der Waals surface area contributed by atoms with E-state index in [0.717, 1.165) is 0 Å². The van der Waals surface area contributed by atoms with E-state index in [0.29, 0.717) is 10.8 Å². The Morgan fingerprint density at radius 2 is 1.77 bits per heavy atom. The lowest BCUT2D eigenvalue weighted by molar-refractivity contribution is -0.253. The van der Waals surface area contributed by atoms with Gasteiger partial charge in [0.1, 0.15) is 36.7 Å². The SMILES string of the molecule is CC(=O)NC1C(O)OC(CO)C(O)C1O.O=c1[nH]c(=O)n(C2CC(O)C(COP(=O)(O)OP(=O)(O)O)O2)cc1F. The van der Waals surface area contributed by atoms with E-state index in [1.165, 1.54) is 6.92 Å². The molecule has 0 saturated carbocycles. The maximum absolute atomic E-state index is 13.3. The average molecular weight is 627 g/mol. The topological polar surface area (TPSA) is 317 Å². The molecule has 0 aromatic carbocycles. The molecule has 0 spiro atoms. The van der Waals surface area contributed by atoms with E-state index in [1.54, 1.807) is 4.98 Å². The van der Waals surface area contributed by atoms with Crippen molar-refractivity contribution in [2.75, 3.05) is 13.2 Å². The number of H-pyrrole nitrogens is 1. The van der Waals surface area contributed by atoms with Gasteiger partial charge >= 0.3 is 21.3 Å². The number of carbonyl (C=O) groups excluding carboxylic acids is 1. The molecule has 1 amide bonds. The number of phosphoric ester groups is 1. The predicted molar refractivity (Wildman–Crippen MR) is 122 cm³/mol. The molecule has 230 valence electrons. The summed E-state index contributed by atoms with van der Waals surface area (Å²) in [6.45, 7) is -0.141. The molecule has 2 fully saturated rings. The van der Waals surface area contributed by atoms with Gasteiger partial charge in [-0.2, -0.15) is 8.70 Å². The summed E-state index contributed by atoms with van der Waals surface area (Å²) in [5.74, 6) is -1.73. The van der Waals surface area contributed by atoms with Crippen LogP contribution in [0.1, 0.15) is 19.6 Å². The van der Waals surface area contributed by atoms with E-state index in [9.17, 15) is 48.3 Å². The molecule has 40 heavy (non-hydrogen) atoms. The first kappa shape index (κ1) is 34.3. The molecular formula is C17H28FN3O17P2. The number of hydrogen-bond acceptors (Lipinski definition) is 14. The number of aromatic nitrogens is 2. The Bertz CT molecular complexity index is 1240. The number of aliphatic hydroxyl groups is 5. The van der Waals surface area contributed by atoms with Crippen LogP contribution in [0.15, 0.2) is 15.8 Å². The zero-order chi connectivity index (χ0) is 30.6. The zero-order valence-corrected chi connectivity index (χ0v) is 22.1. The Morgan fingerprint density at radius 3 is 2.33 bits per heavy atom. The molecule has 2 aliphatic rings. The average Bonchev–Trinajstić information content (AvgIpc) is 3.19. The van der Waals surface area contributed by atoms with Gasteiger partial charge in [-0.25, -0.2) is 13.9 Å². The maximum Gasteiger partial charge on any atom is 0.481 e. The molecule has 1 aromatic heterocycles. The third-order valence-electron chi connectivity index (χ3n) is 5.32. The molecule has 10 N–H and O–H groups in total. The lowest BCUT2D eigenvalue weighted by atomic mass is 9.97. The zero-order valence-electron chi connectivity index (χ0n) is 20.3. The number of rotatable bonds is 8. The van der Waals surface area contributed by atoms with Gasteiger partial charge in [0.05, 0.1) is 25.5 Å². The lowest BCUT2D eigenvalue weighted by Crippen LogP contribution is -2.63. The summed E-state index contributed by atoms with van der Waals surface area (Å²) in [5, 5.41) is 49.2. The highest BCUT2D eigenvalue weighted by Gasteiger charge is 2.44. The molecular weight excluding hydrogens is 599 g/mol. The van der Waals surface area contributed by atoms with Crippen molar-refractivity contribution < 1.29 is 76.8 Å². The molecule has 23 heteroatoms. The normalized spacial score (nSPS) is 32.0. The number of aromatic amines is 1. The van der Waals surface area contributed by atoms with Crippen molar-refractivity contribution in [1.82, 2.24) is 14.9 Å². The number of halogens is 1. The number of aliphatic hydroxyl groups excluding tert-OH is 5. The van der Waals surface area contributed by atoms with Crippen LogP contribution in [0.25, 0.3) is 0 Å². The summed E-state index contributed by atoms with van der Waals surface area (Å²) >= 11 is 0. The van der Waals surface area contributed by atoms with Crippen LogP contribution in [0.2, 0.25) is 0 Å². The van der Waals surface area contributed by atoms with E-state index < -0.39 is 101 Å². The summed E-state index contributed by atoms with van der Waals surface area (Å²) < 4.78 is 53.6. The van der Waals surface area contributed by atoms with Crippen molar-refractivity contribution in [3.05, 3.63) is 32.9 Å². The molecule has 9 unspecified atom stereocenters. The van der Waals surface area contributed by atoms with Crippen LogP contribution in [0.4, 0.5) is 4.39 Å². The van der Waals surface area contributed by atoms with Crippen molar-refractivity contribution in [2.45, 2.75) is 62.4 Å². The number of ether oxygens (including phenoxy) is 2. The number of nitrogens with zero attached hydrogens (tertiary/aromatic N) is 1. The van der Waals surface area contributed by atoms with Gasteiger partial charge in [-0.3, -0.25) is 23.7 Å². The van der Waals surface area contributed by atoms with Gasteiger partial charge in [-0.05, 0) is 0 Å². The number of hydrogen-bond donors (Lipinski definition) is 10. The van der Waals surface area contributed by atoms with Gasteiger partial charge in [0.15, 0.2) is 6.29 Å². The van der Waals surface area contributed by atoms with Crippen molar-refractivity contribution in [3.63, 3.8) is 0 Å². The Morgan fingerprint density at radius 1 is 1.15 bits per heavy atom. The summed E-state index contributed by atoms with van der Waals surface area (Å²) in [5.41, 5.74) is -2.25. The molecule has 1 aromatic rings. The molecule has 3 heterocycles. The summed E-state index contributed by atoms with van der Waals surface area (Å²) in [7, 11) is -10.4. The van der Waals surface area contributed by atoms with Gasteiger partial charge < -0.3 is 55.0 Å². The Balaban J connectivity index is 0.000000319. The summed E-state index contributed by atoms with van der Waals surface area (Å²) in [6, 6.07) is -1.10. The minimum atomic E-state index is -5.30. The van der Waals surface area contributed by atoms with Crippen LogP contribution in [-0.4, -0.2) is 112 Å². The highest BCUT2D eigenvalue weighted by molar-refractivity contribution is 7.60. The minimum Gasteiger partial charge on any atom is -0.394 e. The van der Waals surface area contributed by atoms with Crippen molar-refractivity contribution >= 4 is 21.6 Å². The predicted octanol–water partition coefficient (Wildman–Crippen LogP) is -4.53. The molecule has 2 aliphatic heterocycles. The fourth-order valence-corrected chi connectivity index (χ4v) is 5.12. The molecule has 0 radical (unpaired) electrons. The Kier molecular flexibility index (Phi) is 11.8. The third kappa shape index (κ3) is 9.57. The van der Waals surface area contributed by atoms with Gasteiger partial charge in [0.2, 0.25) is 11.7 Å². The first-order chi connectivity index (χ1) is 18.3. The van der Waals surface area contributed by atoms with Crippen LogP contribution in [0.3, 0.4) is 0 Å². The van der Waals surface area contributed by atoms with Gasteiger partial charge in [-0.1, -0.05) is 0 Å². The summed E-state index contributed by atoms with van der Waals surface area (Å²) in [4.78, 5) is 61.1. The smallest absolute Gasteiger partial charge is 0.394 e. The number of nitrogens with one attached hydrogen (secondary N) is 2. The summed E-state index contributed by atoms with van der Waals surface area (Å²) in [6.07, 6.45) is -8.78. The van der Waals surface area contributed by atoms with Crippen molar-refractivity contribution in [3.8, 4) is 0 Å². The second-order valence-corrected chi connectivity index (χ2v) is 11.2. The molecule has 2 saturated heterocycles. The van der Waals surface area contributed by atoms with Gasteiger partial charge in [-0.15, -0.1) is 0 Å². The third-order valence-corrected chi connectivity index (χ3v) is 7.47. The van der Waals surface area contributed by atoms with E-state index in [4.69, 9.17) is 29.3 Å². The number of amides is 1. The molecule has 0 aliphatic carbocycles. The maximum atomic E-state index is 13.3. The van der Waals surface area contributed by atoms with Crippen LogP contribution in [0, 0.1) is 5.82 Å². The lowest BCUT2D eigenvalue weighted by Gasteiger charge is -2.40. The van der Waals surface area contributed by atoms with Gasteiger partial charge in [0, 0.05) is 13.3 Å². The first-order valence-electron chi connectivity index (χ1n) is 11.0. The largest absolute Gasteiger partial charge is 0.481 e. The monoisotopic (exact) mass is 627 g/mol. The van der Waals surface area contributed by atoms with Crippen LogP contribution in [-0.2, 0) is 32.2 Å². The molecule has 0 bridgehead atoms. The number of carbonyl (C=O) groups is 1. The minimum absolute atomic E-state index is 0.255. The second-order valence-electron chi connectivity index (χ2n) is 8.37. The Hall–Kier alpha value is -1.94. The van der Waals surface area contributed by atoms with E-state index in [1.807, 2.05) is 0 Å². The number of phosphoric acid groups is 2. The standard InChI is InChI=1S/C9H13FN2O11P2.C8H15NO6/c10-4-2-12(9(15)11-8(4)14)7-1-5(13)6(22-7)3-21-25(19,20)23-24(16,17)18;1-3(11)9-5-7(13)6(12)4(2-10)15-8(5)14/h2,5-7,13H,1,3H2,(H,19,20)(H,11,14,15)(H2,16,17,18);4-8,10,12-14H,2H2,1H3,(H,9,11). The van der Waals surface area contributed by atoms with Crippen LogP contribution < -0.4 is 16.6 Å². The Labute approximate surface area is 222 Å².